The molecule has 0 saturated carbocycles. The predicted molar refractivity (Wildman–Crippen MR) is 129 cm³/mol. The average Bonchev–Trinajstić information content (AvgIpc) is 2.91. The van der Waals surface area contributed by atoms with Crippen molar-refractivity contribution in [1.82, 2.24) is 5.32 Å². The highest BCUT2D eigenvalue weighted by Crippen LogP contribution is 2.31. The minimum absolute atomic E-state index is 0.202. The van der Waals surface area contributed by atoms with Crippen LogP contribution >= 0.6 is 0 Å². The zero-order valence-electron chi connectivity index (χ0n) is 22.1. The first-order valence-corrected chi connectivity index (χ1v) is 12.2. The molecule has 1 aromatic carbocycles. The molecule has 230 valence electrons. The molecule has 2 saturated heterocycles. The number of carboxylic acid groups (broad SMARTS) is 2. The van der Waals surface area contributed by atoms with Crippen molar-refractivity contribution < 1.29 is 78.9 Å². The lowest BCUT2D eigenvalue weighted by Gasteiger charge is -2.46. The Morgan fingerprint density at radius 2 is 1.44 bits per heavy atom. The van der Waals surface area contributed by atoms with Crippen LogP contribution in [0.1, 0.15) is 12.5 Å². The first-order chi connectivity index (χ1) is 19.1. The average molecular weight is 592 g/mol. The topological polar surface area (TPSA) is 271 Å². The molecule has 2 heterocycles. The molecule has 11 atom stereocenters. The molecule has 3 rings (SSSR count). The van der Waals surface area contributed by atoms with Crippen molar-refractivity contribution in [2.45, 2.75) is 80.3 Å². The van der Waals surface area contributed by atoms with Crippen LogP contribution in [0.5, 0.6) is 11.5 Å². The Morgan fingerprint density at radius 1 is 0.854 bits per heavy atom. The van der Waals surface area contributed by atoms with Crippen LogP contribution in [0, 0.1) is 0 Å². The van der Waals surface area contributed by atoms with E-state index in [1.165, 1.54) is 6.07 Å². The Kier molecular flexibility index (Phi) is 10.1. The van der Waals surface area contributed by atoms with E-state index in [0.29, 0.717) is 0 Å². The molecule has 0 spiro atoms. The number of nitrogens with one attached hydrogen (secondary N) is 1. The number of hydrogen-bond acceptors (Lipinski definition) is 14. The van der Waals surface area contributed by atoms with E-state index in [-0.39, 0.29) is 5.56 Å². The summed E-state index contributed by atoms with van der Waals surface area (Å²) in [6, 6.07) is 3.52. The molecule has 1 aromatic rings. The van der Waals surface area contributed by atoms with Gasteiger partial charge in [0.15, 0.2) is 36.3 Å². The molecule has 17 heteroatoms. The molecule has 4 unspecified atom stereocenters. The van der Waals surface area contributed by atoms with Gasteiger partial charge in [-0.3, -0.25) is 4.79 Å². The number of amides is 1. The molecule has 9 N–H and O–H groups in total. The highest BCUT2D eigenvalue weighted by Gasteiger charge is 2.54. The van der Waals surface area contributed by atoms with Gasteiger partial charge in [-0.1, -0.05) is 6.07 Å². The fraction of sp³-hybridized carbons (Fsp3) is 0.625. The maximum Gasteiger partial charge on any atom is 0.335 e. The van der Waals surface area contributed by atoms with Gasteiger partial charge in [-0.05, 0) is 24.6 Å². The largest absolute Gasteiger partial charge is 0.504 e. The first-order valence-electron chi connectivity index (χ1n) is 12.2. The van der Waals surface area contributed by atoms with E-state index >= 15 is 0 Å². The third-order valence-electron chi connectivity index (χ3n) is 6.86. The number of phenols is 2. The lowest BCUT2D eigenvalue weighted by molar-refractivity contribution is -0.348. The Morgan fingerprint density at radius 3 is 1.98 bits per heavy atom. The van der Waals surface area contributed by atoms with Gasteiger partial charge in [-0.25, -0.2) is 9.59 Å². The van der Waals surface area contributed by atoms with Crippen LogP contribution in [0.15, 0.2) is 18.2 Å². The maximum atomic E-state index is 13.4. The number of methoxy groups -OCH3 is 2. The summed E-state index contributed by atoms with van der Waals surface area (Å²) in [4.78, 5) is 37.3. The summed E-state index contributed by atoms with van der Waals surface area (Å²) in [5.41, 5.74) is -1.87. The van der Waals surface area contributed by atoms with E-state index in [9.17, 15) is 55.2 Å². The molecule has 0 aromatic heterocycles. The molecule has 0 aliphatic carbocycles. The van der Waals surface area contributed by atoms with Crippen molar-refractivity contribution in [1.29, 1.82) is 0 Å². The van der Waals surface area contributed by atoms with E-state index in [4.69, 9.17) is 23.7 Å². The van der Waals surface area contributed by atoms with Gasteiger partial charge in [0.25, 0.3) is 5.91 Å². The normalized spacial score (nSPS) is 35.3. The summed E-state index contributed by atoms with van der Waals surface area (Å²) in [7, 11) is 2.16. The standard InChI is InChI=1S/C24H33NO16/c1-24(23(35)36,7-8-4-5-9(26)10(27)6-8)25-19(32)17-16(12(29)13(30)21(38-3)40-17)39-22-14(31)11(28)15(37-2)18(41-22)20(33)34/h4-6,11-18,21-22,26-31H,7H2,1-3H3,(H,25,32)(H,33,34)(H,35,36)/t11-,12?,13?,14?,15+,16+,17-,18?,21-,22-,24-/m1/s1. The van der Waals surface area contributed by atoms with Gasteiger partial charge in [0.05, 0.1) is 0 Å². The van der Waals surface area contributed by atoms with Crippen LogP contribution in [0.4, 0.5) is 0 Å². The number of aliphatic carboxylic acids is 2. The van der Waals surface area contributed by atoms with Crippen LogP contribution in [-0.4, -0.2) is 140 Å². The highest BCUT2D eigenvalue weighted by atomic mass is 16.7. The van der Waals surface area contributed by atoms with Gasteiger partial charge in [0.2, 0.25) is 0 Å². The second-order valence-corrected chi connectivity index (χ2v) is 9.81. The number of aromatic hydroxyl groups is 2. The fourth-order valence-corrected chi connectivity index (χ4v) is 4.56. The number of aliphatic hydroxyl groups is 4. The SMILES string of the molecule is CO[C@@H]1O[C@@H](C(=O)N[C@](C)(Cc2ccc(O)c(O)c2)C(=O)O)[C@@H](O[C@@H]2OC(C(=O)O)[C@@H](OC)[C@H](O)C2O)C(O)C1O. The minimum atomic E-state index is -2.07. The lowest BCUT2D eigenvalue weighted by atomic mass is 9.91. The number of carbonyl (C=O) groups is 3. The molecule has 2 aliphatic heterocycles. The van der Waals surface area contributed by atoms with Crippen molar-refractivity contribution in [3.05, 3.63) is 23.8 Å². The van der Waals surface area contributed by atoms with Gasteiger partial charge in [0.1, 0.15) is 42.2 Å². The zero-order valence-corrected chi connectivity index (χ0v) is 22.1. The fourth-order valence-electron chi connectivity index (χ4n) is 4.56. The number of hydrogen-bond donors (Lipinski definition) is 9. The van der Waals surface area contributed by atoms with Crippen LogP contribution in [0.25, 0.3) is 0 Å². The maximum absolute atomic E-state index is 13.4. The number of carbonyl (C=O) groups excluding carboxylic acids is 1. The van der Waals surface area contributed by atoms with Crippen LogP contribution in [0.3, 0.4) is 0 Å². The third kappa shape index (κ3) is 6.69. The summed E-state index contributed by atoms with van der Waals surface area (Å²) in [5.74, 6) is -5.31. The summed E-state index contributed by atoms with van der Waals surface area (Å²) in [5, 5.41) is 83.0. The number of aliphatic hydroxyl groups excluding tert-OH is 4. The Balaban J connectivity index is 1.90. The van der Waals surface area contributed by atoms with Crippen molar-refractivity contribution in [3.63, 3.8) is 0 Å². The first kappa shape index (κ1) is 32.4. The molecular formula is C24H33NO16. The molecule has 0 bridgehead atoms. The van der Waals surface area contributed by atoms with E-state index in [1.807, 2.05) is 0 Å². The quantitative estimate of drug-likeness (QED) is 0.120. The van der Waals surface area contributed by atoms with Crippen LogP contribution in [0.2, 0.25) is 0 Å². The third-order valence-corrected chi connectivity index (χ3v) is 6.86. The number of carboxylic acids is 2. The minimum Gasteiger partial charge on any atom is -0.504 e. The van der Waals surface area contributed by atoms with Crippen LogP contribution in [-0.2, 0) is 44.5 Å². The van der Waals surface area contributed by atoms with Crippen molar-refractivity contribution >= 4 is 17.8 Å². The lowest BCUT2D eigenvalue weighted by Crippen LogP contribution is -2.68. The highest BCUT2D eigenvalue weighted by molar-refractivity contribution is 5.89. The van der Waals surface area contributed by atoms with E-state index in [0.717, 1.165) is 33.3 Å². The van der Waals surface area contributed by atoms with Gasteiger partial charge in [0, 0.05) is 20.6 Å². The predicted octanol–water partition coefficient (Wildman–Crippen LogP) is -3.38. The second-order valence-electron chi connectivity index (χ2n) is 9.81. The van der Waals surface area contributed by atoms with Crippen LogP contribution < -0.4 is 5.32 Å². The summed E-state index contributed by atoms with van der Waals surface area (Å²) >= 11 is 0. The van der Waals surface area contributed by atoms with E-state index < -0.39 is 103 Å². The molecule has 0 radical (unpaired) electrons. The molecule has 41 heavy (non-hydrogen) atoms. The molecule has 1 amide bonds. The zero-order chi connectivity index (χ0) is 30.8. The molecular weight excluding hydrogens is 558 g/mol. The number of benzene rings is 1. The number of phenolic OH excluding ortho intramolecular Hbond substituents is 2. The number of ether oxygens (including phenoxy) is 5. The summed E-state index contributed by atoms with van der Waals surface area (Å²) in [6.45, 7) is 1.13. The van der Waals surface area contributed by atoms with Gasteiger partial charge < -0.3 is 69.9 Å². The Labute approximate surface area is 232 Å². The van der Waals surface area contributed by atoms with Crippen molar-refractivity contribution in [3.8, 4) is 11.5 Å². The summed E-state index contributed by atoms with van der Waals surface area (Å²) in [6.07, 6.45) is -18.9. The van der Waals surface area contributed by atoms with E-state index in [2.05, 4.69) is 5.32 Å². The second kappa shape index (κ2) is 12.8. The molecule has 2 fully saturated rings. The Hall–Kier alpha value is -3.13. The number of rotatable bonds is 10. The molecule has 2 aliphatic rings. The monoisotopic (exact) mass is 591 g/mol. The van der Waals surface area contributed by atoms with E-state index in [1.54, 1.807) is 0 Å². The summed E-state index contributed by atoms with van der Waals surface area (Å²) < 4.78 is 26.0. The smallest absolute Gasteiger partial charge is 0.335 e. The van der Waals surface area contributed by atoms with Gasteiger partial charge >= 0.3 is 11.9 Å². The van der Waals surface area contributed by atoms with Gasteiger partial charge in [-0.2, -0.15) is 0 Å². The Bertz CT molecular complexity index is 1120. The molecule has 17 nitrogen and oxygen atoms in total. The van der Waals surface area contributed by atoms with Crippen molar-refractivity contribution in [2.75, 3.05) is 14.2 Å². The van der Waals surface area contributed by atoms with Crippen molar-refractivity contribution in [2.24, 2.45) is 0 Å². The van der Waals surface area contributed by atoms with Gasteiger partial charge in [-0.15, -0.1) is 0 Å².